The van der Waals surface area contributed by atoms with Crippen molar-refractivity contribution in [1.29, 1.82) is 0 Å². The molecular weight excluding hydrogens is 334 g/mol. The number of benzene rings is 1. The Morgan fingerprint density at radius 3 is 2.65 bits per heavy atom. The van der Waals surface area contributed by atoms with Crippen LogP contribution in [-0.4, -0.2) is 33.8 Å². The smallest absolute Gasteiger partial charge is 0.248 e. The number of nitrogens with one attached hydrogen (secondary N) is 2. The lowest BCUT2D eigenvalue weighted by molar-refractivity contribution is -0.113. The summed E-state index contributed by atoms with van der Waals surface area (Å²) in [5.41, 5.74) is 6.19. The van der Waals surface area contributed by atoms with Gasteiger partial charge in [-0.05, 0) is 37.1 Å². The van der Waals surface area contributed by atoms with Crippen LogP contribution < -0.4 is 16.4 Å². The number of amides is 2. The predicted molar refractivity (Wildman–Crippen MR) is 90.9 cm³/mol. The van der Waals surface area contributed by atoms with Crippen molar-refractivity contribution in [2.24, 2.45) is 5.73 Å². The number of carbonyl (C=O) groups is 2. The van der Waals surface area contributed by atoms with Crippen LogP contribution in [0.5, 0.6) is 0 Å². The molecule has 0 spiro atoms. The van der Waals surface area contributed by atoms with Crippen LogP contribution in [0.1, 0.15) is 23.2 Å². The molecule has 9 heteroatoms. The van der Waals surface area contributed by atoms with E-state index in [1.54, 1.807) is 24.3 Å². The van der Waals surface area contributed by atoms with Crippen LogP contribution in [0.15, 0.2) is 28.6 Å². The molecule has 1 aliphatic carbocycles. The lowest BCUT2D eigenvalue weighted by atomic mass is 10.2. The van der Waals surface area contributed by atoms with Gasteiger partial charge in [-0.2, -0.15) is 0 Å². The summed E-state index contributed by atoms with van der Waals surface area (Å²) in [5, 5.41) is 14.9. The van der Waals surface area contributed by atoms with Gasteiger partial charge in [-0.15, -0.1) is 10.2 Å². The number of hydrogen-bond acceptors (Lipinski definition) is 7. The fraction of sp³-hybridized carbons (Fsp3) is 0.286. The highest BCUT2D eigenvalue weighted by Crippen LogP contribution is 2.30. The molecule has 0 radical (unpaired) electrons. The van der Waals surface area contributed by atoms with E-state index in [0.717, 1.165) is 9.47 Å². The molecule has 1 heterocycles. The van der Waals surface area contributed by atoms with Crippen LogP contribution in [0.2, 0.25) is 0 Å². The maximum atomic E-state index is 11.9. The molecular formula is C14H15N5O2S2. The third kappa shape index (κ3) is 4.67. The van der Waals surface area contributed by atoms with Gasteiger partial charge in [-0.3, -0.25) is 9.59 Å². The monoisotopic (exact) mass is 349 g/mol. The molecule has 23 heavy (non-hydrogen) atoms. The summed E-state index contributed by atoms with van der Waals surface area (Å²) in [7, 11) is 0. The first-order chi connectivity index (χ1) is 11.1. The van der Waals surface area contributed by atoms with Gasteiger partial charge in [0.25, 0.3) is 0 Å². The first-order valence-corrected chi connectivity index (χ1v) is 8.83. The first kappa shape index (κ1) is 15.8. The molecule has 3 rings (SSSR count). The summed E-state index contributed by atoms with van der Waals surface area (Å²) in [6.07, 6.45) is 2.36. The summed E-state index contributed by atoms with van der Waals surface area (Å²) in [4.78, 5) is 22.9. The van der Waals surface area contributed by atoms with Gasteiger partial charge in [-0.25, -0.2) is 0 Å². The zero-order chi connectivity index (χ0) is 16.2. The average molecular weight is 349 g/mol. The van der Waals surface area contributed by atoms with E-state index in [4.69, 9.17) is 5.73 Å². The van der Waals surface area contributed by atoms with E-state index in [0.29, 0.717) is 17.3 Å². The number of thioether (sulfide) groups is 1. The Hall–Kier alpha value is -2.13. The number of hydrogen-bond donors (Lipinski definition) is 3. The lowest BCUT2D eigenvalue weighted by Crippen LogP contribution is -2.14. The average Bonchev–Trinajstić information content (AvgIpc) is 3.22. The van der Waals surface area contributed by atoms with Gasteiger partial charge in [0.1, 0.15) is 0 Å². The van der Waals surface area contributed by atoms with E-state index < -0.39 is 5.91 Å². The van der Waals surface area contributed by atoms with E-state index in [1.807, 2.05) is 0 Å². The number of anilines is 2. The van der Waals surface area contributed by atoms with Crippen molar-refractivity contribution in [3.05, 3.63) is 29.8 Å². The normalized spacial score (nSPS) is 13.6. The zero-order valence-corrected chi connectivity index (χ0v) is 13.7. The number of aromatic nitrogens is 2. The van der Waals surface area contributed by atoms with Crippen molar-refractivity contribution < 1.29 is 9.59 Å². The van der Waals surface area contributed by atoms with Gasteiger partial charge in [0.05, 0.1) is 5.75 Å². The molecule has 0 saturated heterocycles. The molecule has 0 bridgehead atoms. The summed E-state index contributed by atoms with van der Waals surface area (Å²) in [6.45, 7) is 0. The molecule has 1 aromatic heterocycles. The number of nitrogens with two attached hydrogens (primary N) is 1. The minimum Gasteiger partial charge on any atom is -0.366 e. The zero-order valence-electron chi connectivity index (χ0n) is 12.1. The third-order valence-electron chi connectivity index (χ3n) is 3.09. The Labute approximate surface area is 141 Å². The lowest BCUT2D eigenvalue weighted by Gasteiger charge is -2.04. The Morgan fingerprint density at radius 1 is 1.26 bits per heavy atom. The highest BCUT2D eigenvalue weighted by atomic mass is 32.2. The molecule has 2 aromatic rings. The predicted octanol–water partition coefficient (Wildman–Crippen LogP) is 1.94. The van der Waals surface area contributed by atoms with Gasteiger partial charge < -0.3 is 16.4 Å². The fourth-order valence-electron chi connectivity index (χ4n) is 1.77. The van der Waals surface area contributed by atoms with E-state index in [1.165, 1.54) is 35.9 Å². The van der Waals surface area contributed by atoms with Gasteiger partial charge in [-0.1, -0.05) is 23.1 Å². The second-order valence-electron chi connectivity index (χ2n) is 5.07. The highest BCUT2D eigenvalue weighted by molar-refractivity contribution is 8.01. The Bertz CT molecular complexity index is 712. The highest BCUT2D eigenvalue weighted by Gasteiger charge is 2.22. The third-order valence-corrected chi connectivity index (χ3v) is 5.08. The molecule has 1 aliphatic rings. The minimum absolute atomic E-state index is 0.145. The maximum Gasteiger partial charge on any atom is 0.248 e. The standard InChI is InChI=1S/C14H15N5O2S2/c15-12(21)8-1-3-9(4-2-8)16-11(20)7-22-14-19-18-13(23-14)17-10-5-6-10/h1-4,10H,5-7H2,(H2,15,21)(H,16,20)(H,17,18). The molecule has 7 nitrogen and oxygen atoms in total. The molecule has 0 atom stereocenters. The molecule has 0 aliphatic heterocycles. The van der Waals surface area contributed by atoms with Gasteiger partial charge in [0, 0.05) is 17.3 Å². The van der Waals surface area contributed by atoms with Crippen molar-refractivity contribution in [2.45, 2.75) is 23.2 Å². The second kappa shape index (κ2) is 6.97. The van der Waals surface area contributed by atoms with Crippen LogP contribution >= 0.6 is 23.1 Å². The molecule has 1 saturated carbocycles. The van der Waals surface area contributed by atoms with Crippen LogP contribution in [0.4, 0.5) is 10.8 Å². The topological polar surface area (TPSA) is 110 Å². The van der Waals surface area contributed by atoms with Crippen molar-refractivity contribution in [1.82, 2.24) is 10.2 Å². The Balaban J connectivity index is 1.46. The van der Waals surface area contributed by atoms with E-state index in [9.17, 15) is 9.59 Å². The van der Waals surface area contributed by atoms with E-state index >= 15 is 0 Å². The number of nitrogens with zero attached hydrogens (tertiary/aromatic N) is 2. The van der Waals surface area contributed by atoms with Crippen LogP contribution in [0, 0.1) is 0 Å². The van der Waals surface area contributed by atoms with Gasteiger partial charge >= 0.3 is 0 Å². The first-order valence-electron chi connectivity index (χ1n) is 7.03. The Morgan fingerprint density at radius 2 is 2.00 bits per heavy atom. The molecule has 2 amide bonds. The van der Waals surface area contributed by atoms with Crippen molar-refractivity contribution in [3.63, 3.8) is 0 Å². The summed E-state index contributed by atoms with van der Waals surface area (Å²) < 4.78 is 0.757. The van der Waals surface area contributed by atoms with E-state index in [2.05, 4.69) is 20.8 Å². The SMILES string of the molecule is NC(=O)c1ccc(NC(=O)CSc2nnc(NC3CC3)s2)cc1. The number of primary amides is 1. The Kier molecular flexibility index (Phi) is 4.77. The largest absolute Gasteiger partial charge is 0.366 e. The van der Waals surface area contributed by atoms with Crippen molar-refractivity contribution in [2.75, 3.05) is 16.4 Å². The summed E-state index contributed by atoms with van der Waals surface area (Å²) in [5.74, 6) is -0.394. The quantitative estimate of drug-likeness (QED) is 0.659. The fourth-order valence-corrected chi connectivity index (χ4v) is 3.40. The number of rotatable bonds is 7. The molecule has 1 fully saturated rings. The second-order valence-corrected chi connectivity index (χ2v) is 7.27. The molecule has 4 N–H and O–H groups in total. The van der Waals surface area contributed by atoms with Crippen molar-refractivity contribution in [3.8, 4) is 0 Å². The molecule has 120 valence electrons. The van der Waals surface area contributed by atoms with Crippen LogP contribution in [0.3, 0.4) is 0 Å². The number of carbonyl (C=O) groups excluding carboxylic acids is 2. The van der Waals surface area contributed by atoms with Crippen LogP contribution in [-0.2, 0) is 4.79 Å². The van der Waals surface area contributed by atoms with Gasteiger partial charge in [0.15, 0.2) is 4.34 Å². The molecule has 1 aromatic carbocycles. The van der Waals surface area contributed by atoms with E-state index in [-0.39, 0.29) is 11.7 Å². The van der Waals surface area contributed by atoms with Gasteiger partial charge in [0.2, 0.25) is 16.9 Å². The summed E-state index contributed by atoms with van der Waals surface area (Å²) >= 11 is 2.80. The minimum atomic E-state index is -0.495. The maximum absolute atomic E-state index is 11.9. The van der Waals surface area contributed by atoms with Crippen molar-refractivity contribution >= 4 is 45.7 Å². The molecule has 0 unspecified atom stereocenters. The summed E-state index contributed by atoms with van der Waals surface area (Å²) in [6, 6.07) is 6.97. The van der Waals surface area contributed by atoms with Crippen LogP contribution in [0.25, 0.3) is 0 Å².